The first-order valence-electron chi connectivity index (χ1n) is 12.5. The maximum Gasteiger partial charge on any atom is 0.247 e. The van der Waals surface area contributed by atoms with E-state index in [1.165, 1.54) is 12.1 Å². The van der Waals surface area contributed by atoms with E-state index in [4.69, 9.17) is 11.6 Å². The number of anilines is 1. The molecule has 2 bridgehead atoms. The van der Waals surface area contributed by atoms with Gasteiger partial charge in [-0.1, -0.05) is 40.9 Å². The van der Waals surface area contributed by atoms with Gasteiger partial charge in [-0.05, 0) is 60.7 Å². The van der Waals surface area contributed by atoms with Crippen LogP contribution in [0.25, 0.3) is 16.7 Å². The Balaban J connectivity index is 1.55. The van der Waals surface area contributed by atoms with Gasteiger partial charge in [0.1, 0.15) is 5.82 Å². The summed E-state index contributed by atoms with van der Waals surface area (Å²) in [5.74, 6) is -3.69. The molecule has 2 atom stereocenters. The molecule has 5 nitrogen and oxygen atoms in total. The lowest BCUT2D eigenvalue weighted by atomic mass is 9.92. The maximum absolute atomic E-state index is 14.8. The van der Waals surface area contributed by atoms with E-state index in [1.54, 1.807) is 36.2 Å². The number of carbonyl (C=O) groups excluding carboxylic acids is 2. The van der Waals surface area contributed by atoms with Gasteiger partial charge in [0.15, 0.2) is 11.6 Å². The van der Waals surface area contributed by atoms with Gasteiger partial charge in [-0.3, -0.25) is 14.6 Å². The molecule has 1 N–H and O–H groups in total. The Bertz CT molecular complexity index is 1510. The van der Waals surface area contributed by atoms with Crippen molar-refractivity contribution in [3.05, 3.63) is 86.9 Å². The van der Waals surface area contributed by atoms with E-state index in [1.807, 2.05) is 0 Å². The van der Waals surface area contributed by atoms with Crippen LogP contribution in [0.1, 0.15) is 49.9 Å². The third kappa shape index (κ3) is 5.47. The molecule has 0 unspecified atom stereocenters. The highest BCUT2D eigenvalue weighted by molar-refractivity contribution is 9.10. The summed E-state index contributed by atoms with van der Waals surface area (Å²) >= 11 is 9.36. The fourth-order valence-corrected chi connectivity index (χ4v) is 5.86. The molecule has 2 aliphatic heterocycles. The van der Waals surface area contributed by atoms with Crippen molar-refractivity contribution in [1.82, 2.24) is 9.88 Å². The Kier molecular flexibility index (Phi) is 7.82. The summed E-state index contributed by atoms with van der Waals surface area (Å²) in [5, 5.41) is 2.71. The molecular formula is C29H24BrClF3N3O2. The van der Waals surface area contributed by atoms with Crippen molar-refractivity contribution in [3.8, 4) is 11.1 Å². The Morgan fingerprint density at radius 1 is 1.08 bits per heavy atom. The van der Waals surface area contributed by atoms with Gasteiger partial charge in [-0.2, -0.15) is 0 Å². The van der Waals surface area contributed by atoms with Crippen LogP contribution < -0.4 is 5.32 Å². The monoisotopic (exact) mass is 617 g/mol. The van der Waals surface area contributed by atoms with E-state index >= 15 is 0 Å². The van der Waals surface area contributed by atoms with E-state index in [9.17, 15) is 22.8 Å². The Morgan fingerprint density at radius 2 is 1.85 bits per heavy atom. The third-order valence-corrected chi connectivity index (χ3v) is 8.21. The average Bonchev–Trinajstić information content (AvgIpc) is 2.91. The minimum Gasteiger partial charge on any atom is -0.330 e. The normalized spacial score (nSPS) is 19.9. The van der Waals surface area contributed by atoms with Gasteiger partial charge in [0, 0.05) is 46.4 Å². The van der Waals surface area contributed by atoms with Gasteiger partial charge in [-0.15, -0.1) is 0 Å². The Morgan fingerprint density at radius 3 is 2.62 bits per heavy atom. The number of benzene rings is 2. The standard InChI is InChI=1S/C29H24BrClF3N3O2/c1-15-3-2-4-25(37-10-8-17(12-26(37)38)27-19(30)5-6-20(31)28(27)34)24-11-16(7-9-35-24)18-13-21(32)22(33)14-23(18)36-29(15)39/h5-7,9,11-15,25H,2-4,8,10H2,1H3,(H,36,39)/t15-,25+/m1/s1. The molecule has 0 aliphatic carbocycles. The number of rotatable bonds is 2. The second kappa shape index (κ2) is 11.1. The third-order valence-electron chi connectivity index (χ3n) is 7.26. The van der Waals surface area contributed by atoms with Crippen molar-refractivity contribution in [1.29, 1.82) is 0 Å². The quantitative estimate of drug-likeness (QED) is 0.300. The van der Waals surface area contributed by atoms with Crippen molar-refractivity contribution >= 4 is 50.6 Å². The maximum atomic E-state index is 14.8. The molecule has 2 amide bonds. The SMILES string of the molecule is C[C@@H]1CCC[C@H](N2CCC(c3c(Br)ccc(Cl)c3F)=CC2=O)c2cc(ccn2)-c2cc(F)c(F)cc2NC1=O. The molecule has 202 valence electrons. The van der Waals surface area contributed by atoms with Crippen LogP contribution in [-0.2, 0) is 9.59 Å². The molecule has 5 rings (SSSR count). The molecule has 3 heterocycles. The highest BCUT2D eigenvalue weighted by Gasteiger charge is 2.31. The van der Waals surface area contributed by atoms with Crippen molar-refractivity contribution in [2.45, 2.75) is 38.6 Å². The topological polar surface area (TPSA) is 62.3 Å². The van der Waals surface area contributed by atoms with Gasteiger partial charge in [0.05, 0.1) is 22.4 Å². The molecule has 0 fully saturated rings. The molecule has 0 radical (unpaired) electrons. The second-order valence-corrected chi connectivity index (χ2v) is 11.0. The smallest absolute Gasteiger partial charge is 0.247 e. The van der Waals surface area contributed by atoms with Crippen molar-refractivity contribution in [2.24, 2.45) is 5.92 Å². The summed E-state index contributed by atoms with van der Waals surface area (Å²) in [6.45, 7) is 2.08. The van der Waals surface area contributed by atoms with Gasteiger partial charge < -0.3 is 10.2 Å². The highest BCUT2D eigenvalue weighted by atomic mass is 79.9. The molecule has 3 aromatic rings. The minimum atomic E-state index is -1.06. The summed E-state index contributed by atoms with van der Waals surface area (Å²) in [6, 6.07) is 8.06. The average molecular weight is 619 g/mol. The number of halogens is 5. The van der Waals surface area contributed by atoms with Crippen LogP contribution in [0.2, 0.25) is 5.02 Å². The predicted octanol–water partition coefficient (Wildman–Crippen LogP) is 7.70. The molecule has 0 spiro atoms. The zero-order chi connectivity index (χ0) is 27.8. The fourth-order valence-electron chi connectivity index (χ4n) is 5.14. The fraction of sp³-hybridized carbons (Fsp3) is 0.276. The zero-order valence-corrected chi connectivity index (χ0v) is 23.3. The Hall–Kier alpha value is -3.17. The van der Waals surface area contributed by atoms with E-state index in [-0.39, 0.29) is 28.1 Å². The molecule has 1 aromatic heterocycles. The lowest BCUT2D eigenvalue weighted by Gasteiger charge is -2.34. The van der Waals surface area contributed by atoms with Crippen molar-refractivity contribution in [2.75, 3.05) is 11.9 Å². The Labute approximate surface area is 237 Å². The number of pyridine rings is 1. The summed E-state index contributed by atoms with van der Waals surface area (Å²) in [6.07, 6.45) is 5.03. The van der Waals surface area contributed by atoms with Crippen LogP contribution in [0, 0.1) is 23.4 Å². The first-order valence-corrected chi connectivity index (χ1v) is 13.7. The molecule has 10 heteroatoms. The number of amides is 2. The molecule has 39 heavy (non-hydrogen) atoms. The first kappa shape index (κ1) is 27.4. The summed E-state index contributed by atoms with van der Waals surface area (Å²) < 4.78 is 43.7. The number of nitrogens with one attached hydrogen (secondary N) is 1. The van der Waals surface area contributed by atoms with Crippen LogP contribution >= 0.6 is 27.5 Å². The van der Waals surface area contributed by atoms with E-state index < -0.39 is 29.4 Å². The first-order chi connectivity index (χ1) is 18.6. The van der Waals surface area contributed by atoms with Gasteiger partial charge in [0.2, 0.25) is 11.8 Å². The highest BCUT2D eigenvalue weighted by Crippen LogP contribution is 2.39. The summed E-state index contributed by atoms with van der Waals surface area (Å²) in [4.78, 5) is 32.5. The number of fused-ring (bicyclic) bond motifs is 4. The predicted molar refractivity (Wildman–Crippen MR) is 147 cm³/mol. The van der Waals surface area contributed by atoms with E-state index in [2.05, 4.69) is 26.2 Å². The van der Waals surface area contributed by atoms with E-state index in [0.717, 1.165) is 12.1 Å². The molecular weight excluding hydrogens is 595 g/mol. The van der Waals surface area contributed by atoms with E-state index in [0.29, 0.717) is 59.1 Å². The molecule has 0 saturated heterocycles. The molecule has 0 saturated carbocycles. The largest absolute Gasteiger partial charge is 0.330 e. The van der Waals surface area contributed by atoms with Gasteiger partial charge in [-0.25, -0.2) is 13.2 Å². The molecule has 2 aromatic carbocycles. The molecule has 2 aliphatic rings. The number of hydrogen-bond donors (Lipinski definition) is 1. The van der Waals surface area contributed by atoms with Crippen LogP contribution in [0.3, 0.4) is 0 Å². The van der Waals surface area contributed by atoms with Crippen LogP contribution in [0.15, 0.2) is 53.1 Å². The van der Waals surface area contributed by atoms with Crippen LogP contribution in [0.4, 0.5) is 18.9 Å². The zero-order valence-electron chi connectivity index (χ0n) is 20.9. The van der Waals surface area contributed by atoms with Crippen LogP contribution in [-0.4, -0.2) is 28.2 Å². The number of carbonyl (C=O) groups is 2. The van der Waals surface area contributed by atoms with Gasteiger partial charge >= 0.3 is 0 Å². The van der Waals surface area contributed by atoms with Crippen molar-refractivity contribution < 1.29 is 22.8 Å². The summed E-state index contributed by atoms with van der Waals surface area (Å²) in [5.41, 5.74) is 2.39. The summed E-state index contributed by atoms with van der Waals surface area (Å²) in [7, 11) is 0. The number of aromatic nitrogens is 1. The number of hydrogen-bond acceptors (Lipinski definition) is 3. The van der Waals surface area contributed by atoms with Crippen LogP contribution in [0.5, 0.6) is 0 Å². The number of nitrogens with zero attached hydrogens (tertiary/aromatic N) is 2. The second-order valence-electron chi connectivity index (χ2n) is 9.79. The van der Waals surface area contributed by atoms with Gasteiger partial charge in [0.25, 0.3) is 0 Å². The van der Waals surface area contributed by atoms with Crippen molar-refractivity contribution in [3.63, 3.8) is 0 Å². The lowest BCUT2D eigenvalue weighted by Crippen LogP contribution is -2.38. The lowest BCUT2D eigenvalue weighted by molar-refractivity contribution is -0.129. The minimum absolute atomic E-state index is 0.0286.